The van der Waals surface area contributed by atoms with E-state index in [1.807, 2.05) is 65.2 Å². The van der Waals surface area contributed by atoms with Crippen LogP contribution in [0.2, 0.25) is 0 Å². The summed E-state index contributed by atoms with van der Waals surface area (Å²) in [6, 6.07) is 16.1. The fraction of sp³-hybridized carbons (Fsp3) is 0.261. The third-order valence-electron chi connectivity index (χ3n) is 5.56. The van der Waals surface area contributed by atoms with Crippen LogP contribution in [-0.2, 0) is 4.79 Å². The number of carbonyl (C=O) groups excluding carboxylic acids is 1. The van der Waals surface area contributed by atoms with Gasteiger partial charge in [0.1, 0.15) is 0 Å². The Hall–Kier alpha value is -3.45. The van der Waals surface area contributed by atoms with Gasteiger partial charge in [-0.2, -0.15) is 4.98 Å². The molecule has 0 radical (unpaired) electrons. The molecule has 30 heavy (non-hydrogen) atoms. The topological polar surface area (TPSA) is 83.3 Å². The number of rotatable bonds is 5. The molecule has 3 heterocycles. The molecule has 0 saturated carbocycles. The van der Waals surface area contributed by atoms with E-state index in [4.69, 9.17) is 0 Å². The van der Waals surface area contributed by atoms with E-state index in [-0.39, 0.29) is 11.9 Å². The van der Waals surface area contributed by atoms with E-state index < -0.39 is 0 Å². The maximum absolute atomic E-state index is 12.5. The zero-order valence-electron chi connectivity index (χ0n) is 16.6. The highest BCUT2D eigenvalue weighted by Crippen LogP contribution is 2.28. The van der Waals surface area contributed by atoms with E-state index >= 15 is 0 Å². The molecule has 2 aliphatic rings. The van der Waals surface area contributed by atoms with Crippen molar-refractivity contribution in [2.75, 3.05) is 18.4 Å². The van der Waals surface area contributed by atoms with Crippen molar-refractivity contribution < 1.29 is 4.79 Å². The number of hydrogen-bond donors (Lipinski definition) is 3. The van der Waals surface area contributed by atoms with E-state index in [0.29, 0.717) is 5.95 Å². The van der Waals surface area contributed by atoms with Crippen molar-refractivity contribution in [3.05, 3.63) is 72.0 Å². The molecule has 7 heteroatoms. The van der Waals surface area contributed by atoms with Crippen molar-refractivity contribution >= 4 is 28.8 Å². The first-order chi connectivity index (χ1) is 14.8. The highest BCUT2D eigenvalue weighted by atomic mass is 16.1. The third-order valence-corrected chi connectivity index (χ3v) is 5.56. The average molecular weight is 400 g/mol. The lowest BCUT2D eigenvalue weighted by Gasteiger charge is -2.17. The zero-order valence-corrected chi connectivity index (χ0v) is 16.6. The molecule has 152 valence electrons. The summed E-state index contributed by atoms with van der Waals surface area (Å²) in [5, 5.41) is 14.3. The van der Waals surface area contributed by atoms with Crippen molar-refractivity contribution in [1.82, 2.24) is 25.2 Å². The number of carbonyl (C=O) groups is 1. The molecule has 7 nitrogen and oxygen atoms in total. The van der Waals surface area contributed by atoms with Gasteiger partial charge in [0.05, 0.1) is 5.69 Å². The van der Waals surface area contributed by atoms with Gasteiger partial charge in [-0.1, -0.05) is 36.4 Å². The van der Waals surface area contributed by atoms with Gasteiger partial charge >= 0.3 is 0 Å². The summed E-state index contributed by atoms with van der Waals surface area (Å²) in [4.78, 5) is 17.1. The van der Waals surface area contributed by atoms with Crippen molar-refractivity contribution in [3.8, 4) is 0 Å². The Morgan fingerprint density at radius 2 is 1.97 bits per heavy atom. The number of aromatic nitrogens is 3. The molecule has 5 rings (SSSR count). The van der Waals surface area contributed by atoms with Crippen LogP contribution < -0.4 is 16.0 Å². The second-order valence-corrected chi connectivity index (χ2v) is 7.65. The molecule has 1 amide bonds. The molecule has 1 atom stereocenters. The van der Waals surface area contributed by atoms with Gasteiger partial charge in [-0.3, -0.25) is 4.79 Å². The number of pyridine rings is 1. The van der Waals surface area contributed by atoms with Gasteiger partial charge in [-0.15, -0.1) is 5.10 Å². The van der Waals surface area contributed by atoms with Crippen LogP contribution >= 0.6 is 0 Å². The van der Waals surface area contributed by atoms with E-state index in [9.17, 15) is 4.79 Å². The molecule has 1 aromatic carbocycles. The van der Waals surface area contributed by atoms with Crippen LogP contribution in [0.15, 0.2) is 66.3 Å². The van der Waals surface area contributed by atoms with Crippen LogP contribution in [0.1, 0.15) is 25.0 Å². The molecule has 1 saturated heterocycles. The molecule has 1 unspecified atom stereocenters. The Morgan fingerprint density at radius 3 is 2.73 bits per heavy atom. The minimum Gasteiger partial charge on any atom is -0.348 e. The second-order valence-electron chi connectivity index (χ2n) is 7.65. The van der Waals surface area contributed by atoms with Crippen molar-refractivity contribution in [2.45, 2.75) is 25.3 Å². The smallest absolute Gasteiger partial charge is 0.247 e. The Kier molecular flexibility index (Phi) is 5.03. The zero-order chi connectivity index (χ0) is 20.3. The van der Waals surface area contributed by atoms with E-state index in [2.05, 4.69) is 26.0 Å². The Balaban J connectivity index is 1.37. The normalized spacial score (nSPS) is 18.7. The number of amides is 1. The third kappa shape index (κ3) is 3.84. The van der Waals surface area contributed by atoms with Gasteiger partial charge in [0, 0.05) is 23.8 Å². The highest BCUT2D eigenvalue weighted by molar-refractivity contribution is 5.95. The number of nitrogens with one attached hydrogen (secondary N) is 3. The van der Waals surface area contributed by atoms with Crippen LogP contribution in [0.4, 0.5) is 11.6 Å². The quantitative estimate of drug-likeness (QED) is 0.613. The van der Waals surface area contributed by atoms with E-state index in [0.717, 1.165) is 60.5 Å². The molecule has 0 spiro atoms. The molecular formula is C23H24N6O. The standard InChI is InChI=1S/C23H24N6O/c30-22(25-19-13-14-24-15-19)17-11-9-16(10-12-17)20-7-4-8-21-27-23(28-29(20)21)26-18-5-2-1-3-6-18/h1-9,11,19,24H,10,12-15H2,(H,25,30)(H,26,28). The lowest BCUT2D eigenvalue weighted by Crippen LogP contribution is -2.37. The fourth-order valence-electron chi connectivity index (χ4n) is 3.95. The molecule has 3 aromatic rings. The first-order valence-corrected chi connectivity index (χ1v) is 10.4. The lowest BCUT2D eigenvalue weighted by atomic mass is 9.95. The number of nitrogens with zero attached hydrogens (tertiary/aromatic N) is 3. The number of allylic oxidation sites excluding steroid dienone is 3. The van der Waals surface area contributed by atoms with Gasteiger partial charge in [0.15, 0.2) is 5.65 Å². The molecule has 3 N–H and O–H groups in total. The van der Waals surface area contributed by atoms with Crippen LogP contribution in [0.5, 0.6) is 0 Å². The average Bonchev–Trinajstić information content (AvgIpc) is 3.43. The Bertz CT molecular complexity index is 1130. The summed E-state index contributed by atoms with van der Waals surface area (Å²) in [6.07, 6.45) is 6.48. The summed E-state index contributed by atoms with van der Waals surface area (Å²) in [5.74, 6) is 0.609. The first kappa shape index (κ1) is 18.6. The van der Waals surface area contributed by atoms with Gasteiger partial charge < -0.3 is 16.0 Å². The van der Waals surface area contributed by atoms with Gasteiger partial charge in [-0.25, -0.2) is 4.52 Å². The second kappa shape index (κ2) is 8.12. The van der Waals surface area contributed by atoms with Gasteiger partial charge in [0.2, 0.25) is 11.9 Å². The van der Waals surface area contributed by atoms with Crippen LogP contribution in [0.3, 0.4) is 0 Å². The molecule has 1 aliphatic carbocycles. The molecular weight excluding hydrogens is 376 g/mol. The number of anilines is 2. The number of benzene rings is 1. The summed E-state index contributed by atoms with van der Waals surface area (Å²) in [7, 11) is 0. The maximum atomic E-state index is 12.5. The van der Waals surface area contributed by atoms with Gasteiger partial charge in [0.25, 0.3) is 0 Å². The Morgan fingerprint density at radius 1 is 1.07 bits per heavy atom. The minimum atomic E-state index is 0.0484. The molecule has 0 bridgehead atoms. The predicted octanol–water partition coefficient (Wildman–Crippen LogP) is 3.05. The maximum Gasteiger partial charge on any atom is 0.247 e. The largest absolute Gasteiger partial charge is 0.348 e. The van der Waals surface area contributed by atoms with Crippen molar-refractivity contribution in [2.24, 2.45) is 0 Å². The number of para-hydroxylation sites is 1. The van der Waals surface area contributed by atoms with E-state index in [1.54, 1.807) is 0 Å². The van der Waals surface area contributed by atoms with Crippen LogP contribution in [0.25, 0.3) is 11.2 Å². The summed E-state index contributed by atoms with van der Waals surface area (Å²) < 4.78 is 1.86. The van der Waals surface area contributed by atoms with Crippen molar-refractivity contribution in [3.63, 3.8) is 0 Å². The Labute approximate surface area is 174 Å². The number of hydrogen-bond acceptors (Lipinski definition) is 5. The van der Waals surface area contributed by atoms with Gasteiger partial charge in [-0.05, 0) is 55.6 Å². The van der Waals surface area contributed by atoms with Crippen LogP contribution in [0, 0.1) is 0 Å². The molecule has 2 aromatic heterocycles. The summed E-state index contributed by atoms with van der Waals surface area (Å²) in [6.45, 7) is 1.82. The number of fused-ring (bicyclic) bond motifs is 1. The minimum absolute atomic E-state index is 0.0484. The fourth-order valence-corrected chi connectivity index (χ4v) is 3.95. The summed E-state index contributed by atoms with van der Waals surface area (Å²) >= 11 is 0. The van der Waals surface area contributed by atoms with E-state index in [1.165, 1.54) is 0 Å². The predicted molar refractivity (Wildman–Crippen MR) is 117 cm³/mol. The monoisotopic (exact) mass is 400 g/mol. The summed E-state index contributed by atoms with van der Waals surface area (Å²) in [5.41, 5.74) is 4.71. The molecule has 1 aliphatic heterocycles. The first-order valence-electron chi connectivity index (χ1n) is 10.4. The lowest BCUT2D eigenvalue weighted by molar-refractivity contribution is -0.118. The SMILES string of the molecule is O=C(NC1CCNC1)C1=CC=C(c2cccc3nc(Nc4ccccc4)nn23)CC1. The molecule has 1 fully saturated rings. The highest BCUT2D eigenvalue weighted by Gasteiger charge is 2.21. The van der Waals surface area contributed by atoms with Crippen molar-refractivity contribution in [1.29, 1.82) is 0 Å². The van der Waals surface area contributed by atoms with Crippen LogP contribution in [-0.4, -0.2) is 39.6 Å².